The molecule has 1 atom stereocenters. The van der Waals surface area contributed by atoms with Crippen molar-refractivity contribution < 1.29 is 14.3 Å². The van der Waals surface area contributed by atoms with E-state index in [0.29, 0.717) is 13.0 Å². The standard InChI is InChI=1S/C21H30N2O3/c1-13(2)19(24)23-16-8-7-14(3)17(12-16)15-9-10-22-18(11-15)20(25)26-21(4,5)6/h7-9,12-13,18,22H,10-11H2,1-6H3,(H,23,24). The molecule has 1 aliphatic rings. The van der Waals surface area contributed by atoms with Crippen LogP contribution in [0.15, 0.2) is 24.3 Å². The van der Waals surface area contributed by atoms with E-state index in [2.05, 4.69) is 16.7 Å². The first kappa shape index (κ1) is 20.2. The van der Waals surface area contributed by atoms with E-state index in [1.807, 2.05) is 59.7 Å². The van der Waals surface area contributed by atoms with Gasteiger partial charge in [-0.15, -0.1) is 0 Å². The third-order valence-corrected chi connectivity index (χ3v) is 4.20. The molecule has 2 N–H and O–H groups in total. The van der Waals surface area contributed by atoms with E-state index >= 15 is 0 Å². The van der Waals surface area contributed by atoms with Crippen molar-refractivity contribution in [3.05, 3.63) is 35.4 Å². The van der Waals surface area contributed by atoms with Gasteiger partial charge in [-0.25, -0.2) is 0 Å². The van der Waals surface area contributed by atoms with Crippen LogP contribution in [0.3, 0.4) is 0 Å². The van der Waals surface area contributed by atoms with Gasteiger partial charge in [0.05, 0.1) is 0 Å². The summed E-state index contributed by atoms with van der Waals surface area (Å²) >= 11 is 0. The molecular weight excluding hydrogens is 328 g/mol. The van der Waals surface area contributed by atoms with Crippen molar-refractivity contribution in [2.45, 2.75) is 59.6 Å². The minimum Gasteiger partial charge on any atom is -0.459 e. The highest BCUT2D eigenvalue weighted by molar-refractivity contribution is 5.93. The predicted octanol–water partition coefficient (Wildman–Crippen LogP) is 3.68. The Morgan fingerprint density at radius 1 is 1.27 bits per heavy atom. The van der Waals surface area contributed by atoms with Gasteiger partial charge in [-0.05, 0) is 62.9 Å². The zero-order valence-corrected chi connectivity index (χ0v) is 16.6. The van der Waals surface area contributed by atoms with Crippen LogP contribution in [0.25, 0.3) is 5.57 Å². The summed E-state index contributed by atoms with van der Waals surface area (Å²) in [4.78, 5) is 24.4. The van der Waals surface area contributed by atoms with Crippen LogP contribution in [0.5, 0.6) is 0 Å². The van der Waals surface area contributed by atoms with Crippen LogP contribution < -0.4 is 10.6 Å². The number of carbonyl (C=O) groups excluding carboxylic acids is 2. The summed E-state index contributed by atoms with van der Waals surface area (Å²) in [7, 11) is 0. The molecule has 1 amide bonds. The fraction of sp³-hybridized carbons (Fsp3) is 0.524. The summed E-state index contributed by atoms with van der Waals surface area (Å²) in [6.07, 6.45) is 2.66. The first-order chi connectivity index (χ1) is 12.1. The minimum atomic E-state index is -0.503. The molecule has 1 unspecified atom stereocenters. The van der Waals surface area contributed by atoms with Crippen molar-refractivity contribution in [3.63, 3.8) is 0 Å². The van der Waals surface area contributed by atoms with E-state index in [0.717, 1.165) is 22.4 Å². The SMILES string of the molecule is Cc1ccc(NC(=O)C(C)C)cc1C1=CCNC(C(=O)OC(C)(C)C)C1. The first-order valence-corrected chi connectivity index (χ1v) is 9.14. The topological polar surface area (TPSA) is 67.4 Å². The van der Waals surface area contributed by atoms with Gasteiger partial charge in [-0.2, -0.15) is 0 Å². The summed E-state index contributed by atoms with van der Waals surface area (Å²) in [6.45, 7) is 12.0. The largest absolute Gasteiger partial charge is 0.459 e. The van der Waals surface area contributed by atoms with Crippen LogP contribution in [0.2, 0.25) is 0 Å². The maximum atomic E-state index is 12.4. The molecule has 0 spiro atoms. The van der Waals surface area contributed by atoms with Crippen molar-refractivity contribution in [1.29, 1.82) is 0 Å². The number of esters is 1. The fourth-order valence-electron chi connectivity index (χ4n) is 2.79. The van der Waals surface area contributed by atoms with Crippen LogP contribution in [-0.2, 0) is 14.3 Å². The Balaban J connectivity index is 2.18. The van der Waals surface area contributed by atoms with Gasteiger partial charge in [0, 0.05) is 18.2 Å². The number of amides is 1. The number of nitrogens with one attached hydrogen (secondary N) is 2. The molecule has 0 radical (unpaired) electrons. The van der Waals surface area contributed by atoms with Gasteiger partial charge in [0.15, 0.2) is 0 Å². The average molecular weight is 358 g/mol. The van der Waals surface area contributed by atoms with E-state index in [-0.39, 0.29) is 23.8 Å². The van der Waals surface area contributed by atoms with E-state index in [1.54, 1.807) is 0 Å². The van der Waals surface area contributed by atoms with Crippen molar-refractivity contribution in [2.75, 3.05) is 11.9 Å². The molecule has 0 fully saturated rings. The second kappa shape index (κ2) is 8.04. The Morgan fingerprint density at radius 3 is 2.58 bits per heavy atom. The van der Waals surface area contributed by atoms with Crippen molar-refractivity contribution in [2.24, 2.45) is 5.92 Å². The normalized spacial score (nSPS) is 17.7. The number of hydrogen-bond donors (Lipinski definition) is 2. The zero-order valence-electron chi connectivity index (χ0n) is 16.6. The highest BCUT2D eigenvalue weighted by atomic mass is 16.6. The van der Waals surface area contributed by atoms with E-state index < -0.39 is 5.60 Å². The lowest BCUT2D eigenvalue weighted by Gasteiger charge is -2.28. The molecule has 1 heterocycles. The lowest BCUT2D eigenvalue weighted by Crippen LogP contribution is -2.43. The summed E-state index contributed by atoms with van der Waals surface area (Å²) < 4.78 is 5.51. The average Bonchev–Trinajstić information content (AvgIpc) is 2.55. The Hall–Kier alpha value is -2.14. The molecule has 1 aromatic carbocycles. The molecule has 26 heavy (non-hydrogen) atoms. The molecule has 142 valence electrons. The second-order valence-corrected chi connectivity index (χ2v) is 8.10. The monoisotopic (exact) mass is 358 g/mol. The lowest BCUT2D eigenvalue weighted by molar-refractivity contribution is -0.157. The number of hydrogen-bond acceptors (Lipinski definition) is 4. The van der Waals surface area contributed by atoms with E-state index in [1.165, 1.54) is 0 Å². The Morgan fingerprint density at radius 2 is 1.96 bits per heavy atom. The van der Waals surface area contributed by atoms with Crippen LogP contribution in [-0.4, -0.2) is 30.1 Å². The zero-order chi connectivity index (χ0) is 19.5. The van der Waals surface area contributed by atoms with Crippen LogP contribution >= 0.6 is 0 Å². The molecule has 0 aromatic heterocycles. The molecule has 1 aliphatic heterocycles. The molecule has 0 aliphatic carbocycles. The van der Waals surface area contributed by atoms with Gasteiger partial charge in [-0.1, -0.05) is 26.0 Å². The number of ether oxygens (including phenoxy) is 1. The van der Waals surface area contributed by atoms with Crippen molar-refractivity contribution in [3.8, 4) is 0 Å². The Bertz CT molecular complexity index is 714. The summed E-state index contributed by atoms with van der Waals surface area (Å²) in [5, 5.41) is 6.14. The molecule has 2 rings (SSSR count). The molecule has 1 aromatic rings. The smallest absolute Gasteiger partial charge is 0.324 e. The highest BCUT2D eigenvalue weighted by Crippen LogP contribution is 2.29. The van der Waals surface area contributed by atoms with Gasteiger partial charge < -0.3 is 15.4 Å². The van der Waals surface area contributed by atoms with Crippen molar-refractivity contribution in [1.82, 2.24) is 5.32 Å². The van der Waals surface area contributed by atoms with Gasteiger partial charge in [0.1, 0.15) is 11.6 Å². The summed E-state index contributed by atoms with van der Waals surface area (Å²) in [5.74, 6) is -0.315. The molecule has 0 bridgehead atoms. The maximum absolute atomic E-state index is 12.4. The van der Waals surface area contributed by atoms with Gasteiger partial charge >= 0.3 is 5.97 Å². The van der Waals surface area contributed by atoms with E-state index in [9.17, 15) is 9.59 Å². The maximum Gasteiger partial charge on any atom is 0.324 e. The Labute approximate surface area is 156 Å². The van der Waals surface area contributed by atoms with Gasteiger partial charge in [0.25, 0.3) is 0 Å². The number of carbonyl (C=O) groups is 2. The predicted molar refractivity (Wildman–Crippen MR) is 105 cm³/mol. The van der Waals surface area contributed by atoms with Crippen molar-refractivity contribution >= 4 is 23.1 Å². The molecule has 5 heteroatoms. The Kier molecular flexibility index (Phi) is 6.24. The molecule has 0 saturated heterocycles. The molecule has 0 saturated carbocycles. The number of anilines is 1. The van der Waals surface area contributed by atoms with E-state index in [4.69, 9.17) is 4.74 Å². The molecule has 5 nitrogen and oxygen atoms in total. The number of aryl methyl sites for hydroxylation is 1. The summed E-state index contributed by atoms with van der Waals surface area (Å²) in [5.41, 5.74) is 3.54. The van der Waals surface area contributed by atoms with Crippen LogP contribution in [0, 0.1) is 12.8 Å². The first-order valence-electron chi connectivity index (χ1n) is 9.14. The van der Waals surface area contributed by atoms with Gasteiger partial charge in [-0.3, -0.25) is 9.59 Å². The number of benzene rings is 1. The lowest BCUT2D eigenvalue weighted by atomic mass is 9.92. The van der Waals surface area contributed by atoms with Gasteiger partial charge in [0.2, 0.25) is 5.91 Å². The summed E-state index contributed by atoms with van der Waals surface area (Å²) in [6, 6.07) is 5.53. The molecular formula is C21H30N2O3. The third kappa shape index (κ3) is 5.43. The fourth-order valence-corrected chi connectivity index (χ4v) is 2.79. The van der Waals surface area contributed by atoms with Crippen LogP contribution in [0.4, 0.5) is 5.69 Å². The highest BCUT2D eigenvalue weighted by Gasteiger charge is 2.28. The quantitative estimate of drug-likeness (QED) is 0.806. The third-order valence-electron chi connectivity index (χ3n) is 4.20. The second-order valence-electron chi connectivity index (χ2n) is 8.10. The van der Waals surface area contributed by atoms with Crippen LogP contribution in [0.1, 0.15) is 52.2 Å². The minimum absolute atomic E-state index is 0.00859. The number of rotatable bonds is 4.